The van der Waals surface area contributed by atoms with Crippen molar-refractivity contribution in [1.29, 1.82) is 0 Å². The lowest BCUT2D eigenvalue weighted by Crippen LogP contribution is -2.51. The lowest BCUT2D eigenvalue weighted by molar-refractivity contribution is -0.141. The van der Waals surface area contributed by atoms with Crippen LogP contribution in [0.2, 0.25) is 0 Å². The molecule has 3 heteroatoms. The average Bonchev–Trinajstić information content (AvgIpc) is 2.97. The van der Waals surface area contributed by atoms with Gasteiger partial charge in [0, 0.05) is 6.92 Å². The highest BCUT2D eigenvalue weighted by atomic mass is 16.5. The number of rotatable bonds is 7. The molecule has 0 bridgehead atoms. The van der Waals surface area contributed by atoms with E-state index >= 15 is 0 Å². The predicted molar refractivity (Wildman–Crippen MR) is 125 cm³/mol. The Kier molecular flexibility index (Phi) is 6.92. The summed E-state index contributed by atoms with van der Waals surface area (Å²) >= 11 is 0. The standard InChI is InChI=1S/C28H46O3/c1-19-17-21(9-7-5-6-8-16-31-20(2)29)28(4)15-13-25-24(26(19)28)11-10-22-18-23(30)12-14-27(22,25)3/h10,19,21,23-26,30H,5-9,11-18H2,1-4H3/t19?,21-,23-,24+,25?,26?,27-,28+/m0/s1. The number of unbranched alkanes of at least 4 members (excludes halogenated alkanes) is 3. The second-order valence-electron chi connectivity index (χ2n) is 12.1. The summed E-state index contributed by atoms with van der Waals surface area (Å²) in [5.41, 5.74) is 2.46. The third kappa shape index (κ3) is 4.37. The van der Waals surface area contributed by atoms with Gasteiger partial charge in [-0.15, -0.1) is 0 Å². The van der Waals surface area contributed by atoms with E-state index in [1.165, 1.54) is 64.7 Å². The Morgan fingerprint density at radius 3 is 2.71 bits per heavy atom. The van der Waals surface area contributed by atoms with Crippen LogP contribution in [-0.4, -0.2) is 23.8 Å². The number of carbonyl (C=O) groups excluding carboxylic acids is 1. The molecule has 3 nitrogen and oxygen atoms in total. The summed E-state index contributed by atoms with van der Waals surface area (Å²) in [4.78, 5) is 10.9. The van der Waals surface area contributed by atoms with E-state index in [1.54, 1.807) is 5.57 Å². The molecule has 4 aliphatic rings. The van der Waals surface area contributed by atoms with Crippen LogP contribution in [-0.2, 0) is 9.53 Å². The zero-order chi connectivity index (χ0) is 22.2. The molecule has 0 aromatic carbocycles. The molecule has 0 aromatic heterocycles. The normalized spacial score (nSPS) is 44.1. The first-order chi connectivity index (χ1) is 14.8. The zero-order valence-electron chi connectivity index (χ0n) is 20.5. The number of carbonyl (C=O) groups is 1. The van der Waals surface area contributed by atoms with Gasteiger partial charge in [0.05, 0.1) is 12.7 Å². The van der Waals surface area contributed by atoms with E-state index in [2.05, 4.69) is 26.8 Å². The number of esters is 1. The highest BCUT2D eigenvalue weighted by Crippen LogP contribution is 2.68. The van der Waals surface area contributed by atoms with Crippen molar-refractivity contribution >= 4 is 5.97 Å². The molecule has 0 amide bonds. The molecule has 1 N–H and O–H groups in total. The van der Waals surface area contributed by atoms with Crippen LogP contribution in [0.25, 0.3) is 0 Å². The number of allylic oxidation sites excluding steroid dienone is 1. The molecular weight excluding hydrogens is 384 g/mol. The minimum atomic E-state index is -0.155. The lowest BCUT2D eigenvalue weighted by Gasteiger charge is -2.58. The molecule has 0 saturated heterocycles. The molecule has 4 rings (SSSR count). The summed E-state index contributed by atoms with van der Waals surface area (Å²) in [6.45, 7) is 9.82. The minimum Gasteiger partial charge on any atom is -0.466 e. The molecule has 0 heterocycles. The van der Waals surface area contributed by atoms with Crippen LogP contribution in [0.3, 0.4) is 0 Å². The molecule has 0 aliphatic heterocycles. The summed E-state index contributed by atoms with van der Waals surface area (Å²) in [7, 11) is 0. The second kappa shape index (κ2) is 9.20. The number of hydrogen-bond donors (Lipinski definition) is 1. The summed E-state index contributed by atoms with van der Waals surface area (Å²) in [5.74, 6) is 4.14. The topological polar surface area (TPSA) is 46.5 Å². The van der Waals surface area contributed by atoms with E-state index in [9.17, 15) is 9.90 Å². The van der Waals surface area contributed by atoms with Crippen LogP contribution in [0.5, 0.6) is 0 Å². The van der Waals surface area contributed by atoms with Gasteiger partial charge in [-0.05, 0) is 98.2 Å². The van der Waals surface area contributed by atoms with Gasteiger partial charge in [-0.2, -0.15) is 0 Å². The second-order valence-corrected chi connectivity index (χ2v) is 12.1. The maximum absolute atomic E-state index is 10.9. The van der Waals surface area contributed by atoms with Gasteiger partial charge >= 0.3 is 5.97 Å². The molecular formula is C28H46O3. The zero-order valence-corrected chi connectivity index (χ0v) is 20.5. The molecule has 176 valence electrons. The summed E-state index contributed by atoms with van der Waals surface area (Å²) in [6.07, 6.45) is 17.2. The Hall–Kier alpha value is -0.830. The maximum atomic E-state index is 10.9. The molecule has 0 spiro atoms. The first kappa shape index (κ1) is 23.3. The van der Waals surface area contributed by atoms with Gasteiger partial charge < -0.3 is 9.84 Å². The van der Waals surface area contributed by atoms with E-state index in [-0.39, 0.29) is 12.1 Å². The van der Waals surface area contributed by atoms with Crippen molar-refractivity contribution in [3.8, 4) is 0 Å². The molecule has 0 radical (unpaired) electrons. The SMILES string of the molecule is CC(=O)OCCCCCC[C@H]1CC(C)C2[C@@H]3CC=C4C[C@@H](O)CC[C@]4(C)C3CC[C@@]21C. The van der Waals surface area contributed by atoms with Crippen molar-refractivity contribution in [1.82, 2.24) is 0 Å². The first-order valence-corrected chi connectivity index (χ1v) is 13.3. The van der Waals surface area contributed by atoms with Gasteiger partial charge in [0.1, 0.15) is 0 Å². The van der Waals surface area contributed by atoms with Crippen LogP contribution >= 0.6 is 0 Å². The number of aliphatic hydroxyl groups excluding tert-OH is 1. The summed E-state index contributed by atoms with van der Waals surface area (Å²) in [6, 6.07) is 0. The third-order valence-corrected chi connectivity index (χ3v) is 10.3. The number of fused-ring (bicyclic) bond motifs is 5. The molecule has 4 aliphatic carbocycles. The smallest absolute Gasteiger partial charge is 0.302 e. The third-order valence-electron chi connectivity index (χ3n) is 10.3. The van der Waals surface area contributed by atoms with Crippen molar-refractivity contribution in [3.05, 3.63) is 11.6 Å². The van der Waals surface area contributed by atoms with Gasteiger partial charge in [0.25, 0.3) is 0 Å². The van der Waals surface area contributed by atoms with Crippen molar-refractivity contribution < 1.29 is 14.6 Å². The van der Waals surface area contributed by atoms with E-state index in [4.69, 9.17) is 4.74 Å². The quantitative estimate of drug-likeness (QED) is 0.278. The highest BCUT2D eigenvalue weighted by molar-refractivity contribution is 5.65. The Labute approximate surface area is 190 Å². The van der Waals surface area contributed by atoms with Gasteiger partial charge in [-0.25, -0.2) is 0 Å². The van der Waals surface area contributed by atoms with E-state index in [0.717, 1.165) is 48.9 Å². The van der Waals surface area contributed by atoms with Crippen LogP contribution in [0.1, 0.15) is 105 Å². The predicted octanol–water partition coefficient (Wildman–Crippen LogP) is 6.69. The Morgan fingerprint density at radius 1 is 1.16 bits per heavy atom. The van der Waals surface area contributed by atoms with E-state index < -0.39 is 0 Å². The van der Waals surface area contributed by atoms with Crippen LogP contribution in [0.15, 0.2) is 11.6 Å². The highest BCUT2D eigenvalue weighted by Gasteiger charge is 2.60. The van der Waals surface area contributed by atoms with Crippen molar-refractivity contribution in [3.63, 3.8) is 0 Å². The molecule has 0 aromatic rings. The first-order valence-electron chi connectivity index (χ1n) is 13.3. The fourth-order valence-electron chi connectivity index (χ4n) is 8.85. The fraction of sp³-hybridized carbons (Fsp3) is 0.893. The molecule has 8 atom stereocenters. The van der Waals surface area contributed by atoms with Gasteiger partial charge in [0.2, 0.25) is 0 Å². The van der Waals surface area contributed by atoms with Crippen molar-refractivity contribution in [2.45, 2.75) is 111 Å². The lowest BCUT2D eigenvalue weighted by atomic mass is 9.46. The van der Waals surface area contributed by atoms with Crippen LogP contribution < -0.4 is 0 Å². The fourth-order valence-corrected chi connectivity index (χ4v) is 8.85. The van der Waals surface area contributed by atoms with Gasteiger partial charge in [-0.1, -0.05) is 51.7 Å². The number of aliphatic hydroxyl groups is 1. The van der Waals surface area contributed by atoms with Crippen LogP contribution in [0.4, 0.5) is 0 Å². The van der Waals surface area contributed by atoms with E-state index in [0.29, 0.717) is 17.4 Å². The summed E-state index contributed by atoms with van der Waals surface area (Å²) < 4.78 is 5.07. The van der Waals surface area contributed by atoms with Crippen molar-refractivity contribution in [2.24, 2.45) is 40.4 Å². The Balaban J connectivity index is 1.37. The molecule has 3 fully saturated rings. The monoisotopic (exact) mass is 430 g/mol. The molecule has 3 unspecified atom stereocenters. The molecule has 3 saturated carbocycles. The Morgan fingerprint density at radius 2 is 1.94 bits per heavy atom. The number of hydrogen-bond acceptors (Lipinski definition) is 3. The van der Waals surface area contributed by atoms with Crippen molar-refractivity contribution in [2.75, 3.05) is 6.61 Å². The molecule has 31 heavy (non-hydrogen) atoms. The van der Waals surface area contributed by atoms with Crippen LogP contribution in [0, 0.1) is 40.4 Å². The largest absolute Gasteiger partial charge is 0.466 e. The average molecular weight is 431 g/mol. The van der Waals surface area contributed by atoms with Gasteiger partial charge in [-0.3, -0.25) is 4.79 Å². The van der Waals surface area contributed by atoms with E-state index in [1.807, 2.05) is 0 Å². The Bertz CT molecular complexity index is 684. The van der Waals surface area contributed by atoms with Gasteiger partial charge in [0.15, 0.2) is 0 Å². The minimum absolute atomic E-state index is 0.103. The number of ether oxygens (including phenoxy) is 1. The summed E-state index contributed by atoms with van der Waals surface area (Å²) in [5, 5.41) is 10.2. The maximum Gasteiger partial charge on any atom is 0.302 e.